The van der Waals surface area contributed by atoms with E-state index < -0.39 is 5.60 Å². The molecule has 0 bridgehead atoms. The van der Waals surface area contributed by atoms with Crippen LogP contribution in [0.25, 0.3) is 0 Å². The molecule has 1 aromatic carbocycles. The summed E-state index contributed by atoms with van der Waals surface area (Å²) in [5, 5.41) is 19.4. The van der Waals surface area contributed by atoms with Gasteiger partial charge in [-0.05, 0) is 32.0 Å². The van der Waals surface area contributed by atoms with Gasteiger partial charge in [-0.2, -0.15) is 0 Å². The number of aromatic hydroxyl groups is 1. The fourth-order valence-electron chi connectivity index (χ4n) is 0.998. The average Bonchev–Trinajstić information content (AvgIpc) is 1.92. The van der Waals surface area contributed by atoms with E-state index in [2.05, 4.69) is 0 Å². The van der Waals surface area contributed by atoms with Crippen LogP contribution in [0, 0.1) is 0 Å². The maximum Gasteiger partial charge on any atom is 0.121 e. The predicted molar refractivity (Wildman–Crippen MR) is 48.4 cm³/mol. The second-order valence-electron chi connectivity index (χ2n) is 3.22. The number of aliphatic hydroxyl groups is 1. The van der Waals surface area contributed by atoms with Gasteiger partial charge in [0, 0.05) is 10.6 Å². The summed E-state index contributed by atoms with van der Waals surface area (Å²) in [6.07, 6.45) is 0. The summed E-state index contributed by atoms with van der Waals surface area (Å²) >= 11 is 5.70. The topological polar surface area (TPSA) is 40.5 Å². The molecule has 12 heavy (non-hydrogen) atoms. The Hall–Kier alpha value is -0.730. The standard InChI is InChI=1S/C9H11ClO2/c1-9(2,12)7-5-6(10)3-4-8(7)11/h3-5,11-12H,1-2H3. The van der Waals surface area contributed by atoms with Crippen LogP contribution < -0.4 is 0 Å². The Bertz CT molecular complexity index is 289. The van der Waals surface area contributed by atoms with Crippen LogP contribution in [-0.4, -0.2) is 10.2 Å². The molecule has 3 heteroatoms. The van der Waals surface area contributed by atoms with Gasteiger partial charge < -0.3 is 10.2 Å². The zero-order chi connectivity index (χ0) is 9.35. The zero-order valence-corrected chi connectivity index (χ0v) is 7.76. The van der Waals surface area contributed by atoms with Gasteiger partial charge in [0.2, 0.25) is 0 Å². The molecule has 0 aromatic heterocycles. The van der Waals surface area contributed by atoms with Gasteiger partial charge >= 0.3 is 0 Å². The van der Waals surface area contributed by atoms with Gasteiger partial charge in [-0.1, -0.05) is 11.6 Å². The minimum Gasteiger partial charge on any atom is -0.508 e. The minimum absolute atomic E-state index is 0.0619. The van der Waals surface area contributed by atoms with E-state index in [1.54, 1.807) is 26.0 Å². The van der Waals surface area contributed by atoms with Crippen LogP contribution in [-0.2, 0) is 5.60 Å². The van der Waals surface area contributed by atoms with E-state index in [0.29, 0.717) is 10.6 Å². The molecule has 0 heterocycles. The van der Waals surface area contributed by atoms with E-state index in [9.17, 15) is 10.2 Å². The Labute approximate surface area is 76.4 Å². The molecule has 2 nitrogen and oxygen atoms in total. The predicted octanol–water partition coefficient (Wildman–Crippen LogP) is 2.27. The smallest absolute Gasteiger partial charge is 0.121 e. The van der Waals surface area contributed by atoms with Crippen molar-refractivity contribution in [3.05, 3.63) is 28.8 Å². The first-order valence-corrected chi connectivity index (χ1v) is 4.00. The second kappa shape index (κ2) is 2.96. The summed E-state index contributed by atoms with van der Waals surface area (Å²) in [4.78, 5) is 0. The number of phenols is 1. The monoisotopic (exact) mass is 186 g/mol. The van der Waals surface area contributed by atoms with Crippen molar-refractivity contribution in [1.82, 2.24) is 0 Å². The molecule has 0 spiro atoms. The van der Waals surface area contributed by atoms with Gasteiger partial charge in [-0.25, -0.2) is 0 Å². The first-order chi connectivity index (χ1) is 5.41. The molecule has 1 rings (SSSR count). The molecular formula is C9H11ClO2. The maximum atomic E-state index is 9.58. The lowest BCUT2D eigenvalue weighted by Crippen LogP contribution is -2.15. The van der Waals surface area contributed by atoms with E-state index >= 15 is 0 Å². The van der Waals surface area contributed by atoms with Gasteiger partial charge in [0.05, 0.1) is 5.60 Å². The number of hydrogen-bond donors (Lipinski definition) is 2. The number of benzene rings is 1. The summed E-state index contributed by atoms with van der Waals surface area (Å²) in [5.74, 6) is 0.0619. The van der Waals surface area contributed by atoms with Crippen LogP contribution in [0.15, 0.2) is 18.2 Å². The summed E-state index contributed by atoms with van der Waals surface area (Å²) in [5.41, 5.74) is -0.621. The Balaban J connectivity index is 3.23. The van der Waals surface area contributed by atoms with Gasteiger partial charge in [-0.15, -0.1) is 0 Å². The lowest BCUT2D eigenvalue weighted by molar-refractivity contribution is 0.0758. The maximum absolute atomic E-state index is 9.58. The Morgan fingerprint density at radius 3 is 2.33 bits per heavy atom. The van der Waals surface area contributed by atoms with Crippen molar-refractivity contribution in [3.8, 4) is 5.75 Å². The van der Waals surface area contributed by atoms with Crippen LogP contribution in [0.1, 0.15) is 19.4 Å². The minimum atomic E-state index is -1.06. The first kappa shape index (κ1) is 9.36. The third-order valence-electron chi connectivity index (χ3n) is 1.62. The third kappa shape index (κ3) is 1.90. The van der Waals surface area contributed by atoms with E-state index in [4.69, 9.17) is 11.6 Å². The van der Waals surface area contributed by atoms with Crippen LogP contribution in [0.4, 0.5) is 0 Å². The molecule has 0 radical (unpaired) electrons. The van der Waals surface area contributed by atoms with Crippen LogP contribution in [0.2, 0.25) is 5.02 Å². The van der Waals surface area contributed by atoms with Gasteiger partial charge in [0.1, 0.15) is 5.75 Å². The van der Waals surface area contributed by atoms with Crippen molar-refractivity contribution < 1.29 is 10.2 Å². The fraction of sp³-hybridized carbons (Fsp3) is 0.333. The molecule has 0 aliphatic rings. The summed E-state index contributed by atoms with van der Waals surface area (Å²) < 4.78 is 0. The van der Waals surface area contributed by atoms with Crippen molar-refractivity contribution >= 4 is 11.6 Å². The number of halogens is 1. The lowest BCUT2D eigenvalue weighted by Gasteiger charge is -2.18. The molecule has 2 N–H and O–H groups in total. The summed E-state index contributed by atoms with van der Waals surface area (Å²) in [6.45, 7) is 3.19. The SMILES string of the molecule is CC(C)(O)c1cc(Cl)ccc1O. The van der Waals surface area contributed by atoms with Gasteiger partial charge in [-0.3, -0.25) is 0 Å². The third-order valence-corrected chi connectivity index (χ3v) is 1.85. The van der Waals surface area contributed by atoms with Crippen molar-refractivity contribution in [2.45, 2.75) is 19.4 Å². The summed E-state index contributed by atoms with van der Waals surface area (Å²) in [6, 6.07) is 4.60. The zero-order valence-electron chi connectivity index (χ0n) is 7.00. The van der Waals surface area contributed by atoms with E-state index in [0.717, 1.165) is 0 Å². The number of rotatable bonds is 1. The van der Waals surface area contributed by atoms with Crippen molar-refractivity contribution in [2.24, 2.45) is 0 Å². The molecule has 0 amide bonds. The Kier molecular flexibility index (Phi) is 2.31. The van der Waals surface area contributed by atoms with Crippen LogP contribution in [0.5, 0.6) is 5.75 Å². The molecule has 1 aromatic rings. The van der Waals surface area contributed by atoms with Crippen LogP contribution in [0.3, 0.4) is 0 Å². The Morgan fingerprint density at radius 2 is 1.92 bits per heavy atom. The molecule has 0 unspecified atom stereocenters. The highest BCUT2D eigenvalue weighted by Crippen LogP contribution is 2.30. The molecular weight excluding hydrogens is 176 g/mol. The number of hydrogen-bond acceptors (Lipinski definition) is 2. The molecule has 0 aliphatic heterocycles. The molecule has 0 fully saturated rings. The fourth-order valence-corrected chi connectivity index (χ4v) is 1.17. The molecule has 0 saturated carbocycles. The highest BCUT2D eigenvalue weighted by Gasteiger charge is 2.19. The number of phenolic OH excluding ortho intramolecular Hbond substituents is 1. The van der Waals surface area contributed by atoms with Crippen molar-refractivity contribution in [3.63, 3.8) is 0 Å². The Morgan fingerprint density at radius 1 is 1.33 bits per heavy atom. The molecule has 0 atom stereocenters. The highest BCUT2D eigenvalue weighted by atomic mass is 35.5. The average molecular weight is 187 g/mol. The van der Waals surface area contributed by atoms with E-state index in [-0.39, 0.29) is 5.75 Å². The second-order valence-corrected chi connectivity index (χ2v) is 3.66. The van der Waals surface area contributed by atoms with Crippen LogP contribution >= 0.6 is 11.6 Å². The van der Waals surface area contributed by atoms with Crippen molar-refractivity contribution in [1.29, 1.82) is 0 Å². The normalized spacial score (nSPS) is 11.7. The molecule has 0 aliphatic carbocycles. The first-order valence-electron chi connectivity index (χ1n) is 3.62. The quantitative estimate of drug-likeness (QED) is 0.707. The lowest BCUT2D eigenvalue weighted by atomic mass is 9.98. The van der Waals surface area contributed by atoms with Gasteiger partial charge in [0.15, 0.2) is 0 Å². The van der Waals surface area contributed by atoms with Crippen molar-refractivity contribution in [2.75, 3.05) is 0 Å². The largest absolute Gasteiger partial charge is 0.508 e. The van der Waals surface area contributed by atoms with E-state index in [1.807, 2.05) is 0 Å². The van der Waals surface area contributed by atoms with Gasteiger partial charge in [0.25, 0.3) is 0 Å². The molecule has 66 valence electrons. The van der Waals surface area contributed by atoms with E-state index in [1.165, 1.54) is 6.07 Å². The highest BCUT2D eigenvalue weighted by molar-refractivity contribution is 6.30. The summed E-state index contributed by atoms with van der Waals surface area (Å²) in [7, 11) is 0. The molecule has 0 saturated heterocycles.